The maximum atomic E-state index is 6.15. The van der Waals surface area contributed by atoms with E-state index in [-0.39, 0.29) is 0 Å². The predicted molar refractivity (Wildman–Crippen MR) is 81.7 cm³/mol. The summed E-state index contributed by atoms with van der Waals surface area (Å²) in [7, 11) is -3.91. The largest absolute Gasteiger partial charge is 0.456 e. The van der Waals surface area contributed by atoms with Gasteiger partial charge in [0.25, 0.3) is 0 Å². The molecule has 0 fully saturated rings. The van der Waals surface area contributed by atoms with E-state index in [1.54, 1.807) is 0 Å². The van der Waals surface area contributed by atoms with Gasteiger partial charge in [-0.3, -0.25) is 0 Å². The molecule has 0 aliphatic carbocycles. The van der Waals surface area contributed by atoms with Crippen LogP contribution >= 0.6 is 0 Å². The third kappa shape index (κ3) is 8.88. The Morgan fingerprint density at radius 3 is 1.12 bits per heavy atom. The SMILES string of the molecule is C[Si](C)O[Si](C)(C)CC[Si](C)(C)O[Si](C)C. The molecule has 0 aromatic carbocycles. The Morgan fingerprint density at radius 2 is 0.938 bits per heavy atom. The molecule has 0 spiro atoms. The van der Waals surface area contributed by atoms with E-state index in [2.05, 4.69) is 52.4 Å². The van der Waals surface area contributed by atoms with Crippen LogP contribution in [0.4, 0.5) is 0 Å². The Labute approximate surface area is 107 Å². The maximum absolute atomic E-state index is 6.15. The number of hydrogen-bond acceptors (Lipinski definition) is 2. The van der Waals surface area contributed by atoms with Crippen molar-refractivity contribution in [2.45, 2.75) is 64.5 Å². The second-order valence-corrected chi connectivity index (χ2v) is 19.3. The van der Waals surface area contributed by atoms with Crippen molar-refractivity contribution in [3.63, 3.8) is 0 Å². The van der Waals surface area contributed by atoms with Crippen molar-refractivity contribution in [1.82, 2.24) is 0 Å². The fourth-order valence-corrected chi connectivity index (χ4v) is 16.3. The van der Waals surface area contributed by atoms with Gasteiger partial charge in [0.15, 0.2) is 34.7 Å². The Hall–Kier alpha value is 0.788. The summed E-state index contributed by atoms with van der Waals surface area (Å²) in [4.78, 5) is 0. The van der Waals surface area contributed by atoms with Crippen molar-refractivity contribution in [3.05, 3.63) is 0 Å². The van der Waals surface area contributed by atoms with Crippen LogP contribution in [-0.2, 0) is 8.23 Å². The Balaban J connectivity index is 4.11. The molecule has 0 aromatic heterocycles. The van der Waals surface area contributed by atoms with Gasteiger partial charge in [-0.25, -0.2) is 0 Å². The summed E-state index contributed by atoms with van der Waals surface area (Å²) in [5.41, 5.74) is 0. The molecule has 6 heteroatoms. The summed E-state index contributed by atoms with van der Waals surface area (Å²) in [5.74, 6) is 0. The molecule has 0 aliphatic rings. The minimum Gasteiger partial charge on any atom is -0.456 e. The van der Waals surface area contributed by atoms with Crippen molar-refractivity contribution in [3.8, 4) is 0 Å². The third-order valence-electron chi connectivity index (χ3n) is 2.29. The first kappa shape index (κ1) is 16.8. The highest BCUT2D eigenvalue weighted by atomic mass is 28.4. The van der Waals surface area contributed by atoms with Crippen LogP contribution in [0.1, 0.15) is 0 Å². The molecule has 2 radical (unpaired) electrons. The van der Waals surface area contributed by atoms with Crippen LogP contribution in [0.25, 0.3) is 0 Å². The average molecular weight is 293 g/mol. The molecule has 0 aromatic rings. The van der Waals surface area contributed by atoms with Gasteiger partial charge in [0.2, 0.25) is 0 Å². The quantitative estimate of drug-likeness (QED) is 0.662. The van der Waals surface area contributed by atoms with Crippen molar-refractivity contribution < 1.29 is 8.23 Å². The van der Waals surface area contributed by atoms with Gasteiger partial charge in [0, 0.05) is 0 Å². The molecular weight excluding hydrogens is 264 g/mol. The van der Waals surface area contributed by atoms with Gasteiger partial charge in [0.1, 0.15) is 0 Å². The second-order valence-electron chi connectivity index (χ2n) is 6.04. The van der Waals surface area contributed by atoms with Gasteiger partial charge < -0.3 is 8.23 Å². The summed E-state index contributed by atoms with van der Waals surface area (Å²) in [6, 6.07) is 2.52. The standard InChI is InChI=1S/C10H28O2Si4/c1-13(2)11-15(5,6)9-10-16(7,8)12-14(3)4/h9-10H2,1-8H3. The van der Waals surface area contributed by atoms with E-state index in [0.29, 0.717) is 0 Å². The van der Waals surface area contributed by atoms with Gasteiger partial charge in [-0.2, -0.15) is 0 Å². The zero-order valence-electron chi connectivity index (χ0n) is 12.2. The van der Waals surface area contributed by atoms with Crippen molar-refractivity contribution in [2.24, 2.45) is 0 Å². The molecular formula is C10H28O2Si4. The summed E-state index contributed by atoms with van der Waals surface area (Å²) >= 11 is 0. The molecule has 0 unspecified atom stereocenters. The highest BCUT2D eigenvalue weighted by Gasteiger charge is 2.30. The van der Waals surface area contributed by atoms with E-state index in [0.717, 1.165) is 0 Å². The van der Waals surface area contributed by atoms with Crippen LogP contribution in [0.5, 0.6) is 0 Å². The van der Waals surface area contributed by atoms with Crippen LogP contribution in [-0.4, -0.2) is 34.7 Å². The summed E-state index contributed by atoms with van der Waals surface area (Å²) in [6.07, 6.45) is 0. The van der Waals surface area contributed by atoms with E-state index >= 15 is 0 Å². The topological polar surface area (TPSA) is 18.5 Å². The molecule has 0 rings (SSSR count). The lowest BCUT2D eigenvalue weighted by Crippen LogP contribution is -2.41. The summed E-state index contributed by atoms with van der Waals surface area (Å²) in [5, 5.41) is 0. The van der Waals surface area contributed by atoms with E-state index in [4.69, 9.17) is 8.23 Å². The van der Waals surface area contributed by atoms with E-state index in [9.17, 15) is 0 Å². The van der Waals surface area contributed by atoms with E-state index in [1.165, 1.54) is 12.1 Å². The number of rotatable bonds is 7. The monoisotopic (exact) mass is 292 g/mol. The maximum Gasteiger partial charge on any atom is 0.191 e. The van der Waals surface area contributed by atoms with Crippen LogP contribution < -0.4 is 0 Å². The molecule has 0 bridgehead atoms. The molecule has 0 saturated carbocycles. The first-order chi connectivity index (χ1) is 7.04. The molecule has 16 heavy (non-hydrogen) atoms. The minimum atomic E-state index is -1.42. The first-order valence-electron chi connectivity index (χ1n) is 6.02. The predicted octanol–water partition coefficient (Wildman–Crippen LogP) is 3.93. The van der Waals surface area contributed by atoms with Gasteiger partial charge in [-0.1, -0.05) is 0 Å². The van der Waals surface area contributed by atoms with Crippen molar-refractivity contribution in [2.75, 3.05) is 0 Å². The Bertz CT molecular complexity index is 183. The van der Waals surface area contributed by atoms with Gasteiger partial charge in [-0.15, -0.1) is 0 Å². The van der Waals surface area contributed by atoms with Crippen molar-refractivity contribution >= 4 is 34.7 Å². The zero-order chi connectivity index (χ0) is 13.0. The van der Waals surface area contributed by atoms with Crippen LogP contribution in [0.3, 0.4) is 0 Å². The molecule has 0 aliphatic heterocycles. The molecule has 0 amide bonds. The van der Waals surface area contributed by atoms with Crippen LogP contribution in [0, 0.1) is 0 Å². The molecule has 0 atom stereocenters. The Kier molecular flexibility index (Phi) is 6.98. The van der Waals surface area contributed by atoms with Gasteiger partial charge in [0.05, 0.1) is 0 Å². The third-order valence-corrected chi connectivity index (χ3v) is 13.4. The molecule has 0 heterocycles. The summed E-state index contributed by atoms with van der Waals surface area (Å²) < 4.78 is 12.3. The van der Waals surface area contributed by atoms with Gasteiger partial charge in [-0.05, 0) is 64.5 Å². The minimum absolute atomic E-state index is 0.538. The summed E-state index contributed by atoms with van der Waals surface area (Å²) in [6.45, 7) is 18.3. The van der Waals surface area contributed by atoms with Crippen LogP contribution in [0.2, 0.25) is 64.5 Å². The van der Waals surface area contributed by atoms with Gasteiger partial charge >= 0.3 is 0 Å². The Morgan fingerprint density at radius 1 is 0.688 bits per heavy atom. The fraction of sp³-hybridized carbons (Fsp3) is 1.00. The zero-order valence-corrected chi connectivity index (χ0v) is 16.2. The highest BCUT2D eigenvalue weighted by Crippen LogP contribution is 2.23. The fourth-order valence-electron chi connectivity index (χ4n) is 1.81. The lowest BCUT2D eigenvalue weighted by molar-refractivity contribution is 0.555. The number of hydrogen-bond donors (Lipinski definition) is 0. The van der Waals surface area contributed by atoms with Crippen LogP contribution in [0.15, 0.2) is 0 Å². The highest BCUT2D eigenvalue weighted by molar-refractivity contribution is 6.82. The lowest BCUT2D eigenvalue weighted by atomic mass is 10.9. The van der Waals surface area contributed by atoms with Crippen molar-refractivity contribution in [1.29, 1.82) is 0 Å². The average Bonchev–Trinajstić information content (AvgIpc) is 1.96. The molecule has 0 saturated heterocycles. The lowest BCUT2D eigenvalue weighted by Gasteiger charge is -2.31. The first-order valence-corrected chi connectivity index (χ1v) is 17.1. The smallest absolute Gasteiger partial charge is 0.191 e. The normalized spacial score (nSPS) is 13.9. The van der Waals surface area contributed by atoms with E-state index in [1.807, 2.05) is 0 Å². The van der Waals surface area contributed by atoms with E-state index < -0.39 is 34.7 Å². The molecule has 2 nitrogen and oxygen atoms in total. The molecule has 0 N–H and O–H groups in total. The molecule has 96 valence electrons. The second kappa shape index (κ2) is 6.65.